The van der Waals surface area contributed by atoms with Crippen molar-refractivity contribution in [3.05, 3.63) is 47.7 Å². The van der Waals surface area contributed by atoms with Crippen LogP contribution in [0.4, 0.5) is 19.4 Å². The van der Waals surface area contributed by atoms with Crippen molar-refractivity contribution in [2.45, 2.75) is 82.8 Å². The molecule has 3 aliphatic heterocycles. The molecule has 3 fully saturated rings. The molecule has 15 heteroatoms. The Morgan fingerprint density at radius 2 is 2.00 bits per heavy atom. The lowest BCUT2D eigenvalue weighted by molar-refractivity contribution is -0.221. The number of nitrogens with one attached hydrogen (secondary N) is 1. The predicted octanol–water partition coefficient (Wildman–Crippen LogP) is 6.38. The van der Waals surface area contributed by atoms with E-state index in [1.807, 2.05) is 18.9 Å². The minimum atomic E-state index is -0.703. The van der Waals surface area contributed by atoms with E-state index in [1.165, 1.54) is 20.2 Å². The molecule has 5 heterocycles. The molecule has 4 aromatic rings. The third kappa shape index (κ3) is 8.39. The monoisotopic (exact) mass is 764 g/mol. The lowest BCUT2D eigenvalue weighted by Gasteiger charge is -2.43. The Morgan fingerprint density at radius 1 is 1.15 bits per heavy atom. The van der Waals surface area contributed by atoms with Gasteiger partial charge in [0.15, 0.2) is 18.9 Å². The number of benzene rings is 2. The molecule has 2 aromatic heterocycles. The number of hydrogen-bond donors (Lipinski definition) is 1. The van der Waals surface area contributed by atoms with Crippen LogP contribution in [0.25, 0.3) is 32.9 Å². The van der Waals surface area contributed by atoms with Crippen LogP contribution in [0.3, 0.4) is 0 Å². The molecule has 0 saturated carbocycles. The van der Waals surface area contributed by atoms with Crippen molar-refractivity contribution in [3.63, 3.8) is 0 Å². The minimum absolute atomic E-state index is 0.00578. The molecule has 0 bridgehead atoms. The summed E-state index contributed by atoms with van der Waals surface area (Å²) >= 11 is 0. The number of anilines is 1. The van der Waals surface area contributed by atoms with Gasteiger partial charge in [0.2, 0.25) is 0 Å². The number of carbonyl (C=O) groups excluding carboxylic acids is 1. The molecular formula is C40H50F2N6O7. The van der Waals surface area contributed by atoms with Gasteiger partial charge in [-0.1, -0.05) is 13.0 Å². The van der Waals surface area contributed by atoms with Gasteiger partial charge in [0.05, 0.1) is 11.0 Å². The van der Waals surface area contributed by atoms with Crippen molar-refractivity contribution >= 4 is 33.6 Å². The average Bonchev–Trinajstić information content (AvgIpc) is 3.54. The van der Waals surface area contributed by atoms with E-state index in [2.05, 4.69) is 22.1 Å². The van der Waals surface area contributed by atoms with Crippen molar-refractivity contribution in [2.24, 2.45) is 0 Å². The summed E-state index contributed by atoms with van der Waals surface area (Å²) < 4.78 is 67.8. The fraction of sp³-hybridized carbons (Fsp3) is 0.550. The zero-order valence-corrected chi connectivity index (χ0v) is 32.2. The first-order valence-electron chi connectivity index (χ1n) is 19.1. The maximum Gasteiger partial charge on any atom is 0.407 e. The molecule has 7 rings (SSSR count). The van der Waals surface area contributed by atoms with Gasteiger partial charge in [0.25, 0.3) is 0 Å². The number of halogens is 2. The number of amides is 1. The van der Waals surface area contributed by atoms with Crippen LogP contribution in [0.2, 0.25) is 0 Å². The second-order valence-corrected chi connectivity index (χ2v) is 14.8. The highest BCUT2D eigenvalue weighted by Gasteiger charge is 2.37. The van der Waals surface area contributed by atoms with E-state index in [4.69, 9.17) is 38.4 Å². The number of fused-ring (bicyclic) bond motifs is 2. The Bertz CT molecular complexity index is 2020. The number of pyridine rings is 1. The molecule has 1 unspecified atom stereocenters. The summed E-state index contributed by atoms with van der Waals surface area (Å²) in [5.41, 5.74) is 0.262. The van der Waals surface area contributed by atoms with Crippen molar-refractivity contribution < 1.29 is 42.0 Å². The van der Waals surface area contributed by atoms with Gasteiger partial charge < -0.3 is 38.6 Å². The first-order valence-corrected chi connectivity index (χ1v) is 19.1. The summed E-state index contributed by atoms with van der Waals surface area (Å²) in [5, 5.41) is 4.10. The molecule has 1 N–H and O–H groups in total. The van der Waals surface area contributed by atoms with Gasteiger partial charge in [0, 0.05) is 64.6 Å². The SMILES string of the molecule is CCc1c(F)ccc2cc(OCOC)cc(-c3ncc4c(N5CCC[C@](C)(OC6CCCCO6)C5)nc(OC[C@@H]5C[C@@H](OC(=O)NC)CN5C)nc4c3F)c12. The van der Waals surface area contributed by atoms with Gasteiger partial charge in [-0.25, -0.2) is 13.6 Å². The average molecular weight is 765 g/mol. The predicted molar refractivity (Wildman–Crippen MR) is 202 cm³/mol. The number of methoxy groups -OCH3 is 1. The molecule has 3 aliphatic rings. The minimum Gasteiger partial charge on any atom is -0.468 e. The Labute approximate surface area is 319 Å². The smallest absolute Gasteiger partial charge is 0.407 e. The second kappa shape index (κ2) is 16.7. The molecule has 4 atom stereocenters. The number of likely N-dealkylation sites (tertiary alicyclic amines) is 1. The van der Waals surface area contributed by atoms with Gasteiger partial charge in [-0.2, -0.15) is 9.97 Å². The van der Waals surface area contributed by atoms with Crippen LogP contribution in [-0.4, -0.2) is 111 Å². The standard InChI is InChI=1S/C40H50F2N6O7/c1-6-28-31(41)12-11-24-16-26(53-23-50-5)18-29(33(24)28)35-34(42)36-30(19-44-35)37(48-14-9-13-40(2,22-48)55-32-10-7-8-15-51-32)46-38(45-36)52-21-25-17-27(20-47(25)4)54-39(49)43-3/h11-12,16,18-19,25,27,32H,6-10,13-15,17,20-23H2,1-5H3,(H,43,49)/t25-,27+,32?,40-/m0/s1. The molecule has 0 aliphatic carbocycles. The molecular weight excluding hydrogens is 714 g/mol. The van der Waals surface area contributed by atoms with Gasteiger partial charge in [-0.15, -0.1) is 0 Å². The number of aryl methyl sites for hydroxylation is 1. The largest absolute Gasteiger partial charge is 0.468 e. The molecule has 3 saturated heterocycles. The van der Waals surface area contributed by atoms with E-state index < -0.39 is 23.3 Å². The number of piperidine rings is 1. The zero-order valence-electron chi connectivity index (χ0n) is 32.2. The van der Waals surface area contributed by atoms with Crippen LogP contribution >= 0.6 is 0 Å². The van der Waals surface area contributed by atoms with E-state index in [9.17, 15) is 4.79 Å². The van der Waals surface area contributed by atoms with Crippen molar-refractivity contribution in [1.29, 1.82) is 0 Å². The van der Waals surface area contributed by atoms with Crippen LogP contribution in [0.1, 0.15) is 57.9 Å². The van der Waals surface area contributed by atoms with E-state index in [0.29, 0.717) is 77.9 Å². The highest BCUT2D eigenvalue weighted by atomic mass is 19.1. The normalized spacial score (nSPS) is 23.3. The highest BCUT2D eigenvalue weighted by molar-refractivity contribution is 6.01. The second-order valence-electron chi connectivity index (χ2n) is 14.8. The number of likely N-dealkylation sites (N-methyl/N-ethyl adjacent to an activating group) is 1. The van der Waals surface area contributed by atoms with Crippen LogP contribution in [0, 0.1) is 11.6 Å². The molecule has 13 nitrogen and oxygen atoms in total. The first kappa shape index (κ1) is 38.8. The van der Waals surface area contributed by atoms with Crippen LogP contribution in [-0.2, 0) is 25.4 Å². The zero-order chi connectivity index (χ0) is 38.7. The maximum absolute atomic E-state index is 17.3. The fourth-order valence-electron chi connectivity index (χ4n) is 8.04. The summed E-state index contributed by atoms with van der Waals surface area (Å²) in [5.74, 6) is -0.205. The van der Waals surface area contributed by atoms with E-state index in [1.54, 1.807) is 24.4 Å². The molecule has 2 aromatic carbocycles. The number of alkyl carbamates (subject to hydrolysis) is 1. The molecule has 0 radical (unpaired) electrons. The Kier molecular flexibility index (Phi) is 11.8. The highest BCUT2D eigenvalue weighted by Crippen LogP contribution is 2.40. The Hall–Kier alpha value is -4.44. The number of nitrogens with zero attached hydrogens (tertiary/aromatic N) is 5. The Morgan fingerprint density at radius 3 is 2.76 bits per heavy atom. The van der Waals surface area contributed by atoms with E-state index in [0.717, 1.165) is 32.1 Å². The lowest BCUT2D eigenvalue weighted by Crippen LogP contribution is -2.50. The molecule has 1 amide bonds. The van der Waals surface area contributed by atoms with Gasteiger partial charge in [0.1, 0.15) is 41.3 Å². The van der Waals surface area contributed by atoms with E-state index in [-0.39, 0.29) is 49.1 Å². The quantitative estimate of drug-likeness (QED) is 0.161. The third-order valence-corrected chi connectivity index (χ3v) is 10.8. The maximum atomic E-state index is 17.3. The van der Waals surface area contributed by atoms with Gasteiger partial charge in [-0.05, 0) is 87.0 Å². The van der Waals surface area contributed by atoms with Crippen LogP contribution < -0.4 is 19.7 Å². The van der Waals surface area contributed by atoms with E-state index >= 15 is 8.78 Å². The fourth-order valence-corrected chi connectivity index (χ4v) is 8.04. The lowest BCUT2D eigenvalue weighted by atomic mass is 9.93. The van der Waals surface area contributed by atoms with Gasteiger partial charge in [-0.3, -0.25) is 9.88 Å². The number of ether oxygens (including phenoxy) is 6. The summed E-state index contributed by atoms with van der Waals surface area (Å²) in [6, 6.07) is 6.37. The summed E-state index contributed by atoms with van der Waals surface area (Å²) in [6.45, 7) is 6.42. The topological polar surface area (TPSA) is 130 Å². The molecule has 55 heavy (non-hydrogen) atoms. The third-order valence-electron chi connectivity index (χ3n) is 10.8. The number of rotatable bonds is 12. The van der Waals surface area contributed by atoms with Crippen LogP contribution in [0.15, 0.2) is 30.5 Å². The molecule has 0 spiro atoms. The van der Waals surface area contributed by atoms with Gasteiger partial charge >= 0.3 is 12.1 Å². The first-order chi connectivity index (χ1) is 26.6. The van der Waals surface area contributed by atoms with Crippen LogP contribution in [0.5, 0.6) is 11.8 Å². The summed E-state index contributed by atoms with van der Waals surface area (Å²) in [6.07, 6.45) is 5.95. The summed E-state index contributed by atoms with van der Waals surface area (Å²) in [7, 11) is 4.96. The van der Waals surface area contributed by atoms with Crippen molar-refractivity contribution in [3.8, 4) is 23.0 Å². The van der Waals surface area contributed by atoms with Crippen molar-refractivity contribution in [1.82, 2.24) is 25.2 Å². The van der Waals surface area contributed by atoms with Crippen molar-refractivity contribution in [2.75, 3.05) is 65.7 Å². The Balaban J connectivity index is 1.30. The number of hydrogen-bond acceptors (Lipinski definition) is 12. The number of aromatic nitrogens is 3. The molecule has 296 valence electrons. The summed E-state index contributed by atoms with van der Waals surface area (Å²) in [4.78, 5) is 30.3. The number of carbonyl (C=O) groups is 1.